The predicted molar refractivity (Wildman–Crippen MR) is 103 cm³/mol. The predicted octanol–water partition coefficient (Wildman–Crippen LogP) is 7.14. The van der Waals surface area contributed by atoms with E-state index >= 15 is 0 Å². The summed E-state index contributed by atoms with van der Waals surface area (Å²) in [5.41, 5.74) is 0.0956. The highest BCUT2D eigenvalue weighted by Crippen LogP contribution is 2.33. The van der Waals surface area contributed by atoms with Crippen LogP contribution in [0.2, 0.25) is 0 Å². The van der Waals surface area contributed by atoms with Crippen molar-refractivity contribution in [1.29, 1.82) is 0 Å². The highest BCUT2D eigenvalue weighted by atomic mass is 19.4. The molecule has 3 aromatic rings. The van der Waals surface area contributed by atoms with E-state index in [-0.39, 0.29) is 11.1 Å². The molecule has 0 saturated heterocycles. The lowest BCUT2D eigenvalue weighted by Crippen LogP contribution is -2.07. The van der Waals surface area contributed by atoms with Gasteiger partial charge in [-0.1, -0.05) is 43.4 Å². The molecule has 0 saturated carbocycles. The molecule has 0 atom stereocenters. The molecule has 3 aromatic carbocycles. The highest BCUT2D eigenvalue weighted by molar-refractivity contribution is 5.65. The van der Waals surface area contributed by atoms with E-state index in [1.165, 1.54) is 18.2 Å². The molecule has 0 aliphatic rings. The van der Waals surface area contributed by atoms with Gasteiger partial charge in [-0.2, -0.15) is 13.2 Å². The summed E-state index contributed by atoms with van der Waals surface area (Å²) in [6.07, 6.45) is -3.44. The Morgan fingerprint density at radius 1 is 0.733 bits per heavy atom. The number of benzene rings is 3. The normalized spacial score (nSPS) is 11.2. The molecule has 0 bridgehead atoms. The van der Waals surface area contributed by atoms with Crippen molar-refractivity contribution in [3.63, 3.8) is 0 Å². The molecule has 0 radical (unpaired) electrons. The van der Waals surface area contributed by atoms with Crippen molar-refractivity contribution in [3.05, 3.63) is 94.3 Å². The quantitative estimate of drug-likeness (QED) is 0.313. The Morgan fingerprint density at radius 2 is 1.33 bits per heavy atom. The summed E-state index contributed by atoms with van der Waals surface area (Å²) in [4.78, 5) is 0. The molecular formula is C24H16F6. The average molecular weight is 418 g/mol. The van der Waals surface area contributed by atoms with Crippen LogP contribution in [0.3, 0.4) is 0 Å². The molecule has 154 valence electrons. The lowest BCUT2D eigenvalue weighted by atomic mass is 10.0. The molecule has 30 heavy (non-hydrogen) atoms. The molecule has 0 unspecified atom stereocenters. The number of rotatable bonds is 3. The second-order valence-corrected chi connectivity index (χ2v) is 6.70. The van der Waals surface area contributed by atoms with Crippen LogP contribution in [0.25, 0.3) is 11.1 Å². The largest absolute Gasteiger partial charge is 0.419 e. The van der Waals surface area contributed by atoms with Gasteiger partial charge in [-0.25, -0.2) is 13.2 Å². The molecule has 0 fully saturated rings. The SMILES string of the molecule is CCCc1cc(F)c(C#Cc2ccc(-c3ccc(C(F)(F)F)c(F)c3)cc2)c(F)c1. The molecule has 3 rings (SSSR count). The van der Waals surface area contributed by atoms with E-state index in [1.54, 1.807) is 24.3 Å². The van der Waals surface area contributed by atoms with Gasteiger partial charge in [0.15, 0.2) is 0 Å². The summed E-state index contributed by atoms with van der Waals surface area (Å²) in [6, 6.07) is 11.4. The average Bonchev–Trinajstić information content (AvgIpc) is 2.67. The minimum absolute atomic E-state index is 0.267. The maximum Gasteiger partial charge on any atom is 0.419 e. The molecule has 0 heterocycles. The summed E-state index contributed by atoms with van der Waals surface area (Å²) in [5, 5.41) is 0. The molecule has 0 N–H and O–H groups in total. The fraction of sp³-hybridized carbons (Fsp3) is 0.167. The van der Waals surface area contributed by atoms with E-state index in [1.807, 2.05) is 6.92 Å². The second-order valence-electron chi connectivity index (χ2n) is 6.70. The van der Waals surface area contributed by atoms with Crippen molar-refractivity contribution in [2.75, 3.05) is 0 Å². The van der Waals surface area contributed by atoms with Crippen LogP contribution in [0.4, 0.5) is 26.3 Å². The third kappa shape index (κ3) is 4.85. The van der Waals surface area contributed by atoms with Crippen molar-refractivity contribution in [2.45, 2.75) is 25.9 Å². The van der Waals surface area contributed by atoms with Crippen LogP contribution in [-0.2, 0) is 12.6 Å². The van der Waals surface area contributed by atoms with Crippen LogP contribution in [0.15, 0.2) is 54.6 Å². The number of hydrogen-bond acceptors (Lipinski definition) is 0. The van der Waals surface area contributed by atoms with Gasteiger partial charge >= 0.3 is 6.18 Å². The first-order valence-corrected chi connectivity index (χ1v) is 9.16. The smallest absolute Gasteiger partial charge is 0.206 e. The fourth-order valence-corrected chi connectivity index (χ4v) is 2.98. The number of alkyl halides is 3. The molecule has 0 spiro atoms. The van der Waals surface area contributed by atoms with E-state index in [0.29, 0.717) is 29.2 Å². The van der Waals surface area contributed by atoms with Crippen molar-refractivity contribution in [3.8, 4) is 23.0 Å². The Morgan fingerprint density at radius 3 is 1.87 bits per heavy atom. The Kier molecular flexibility index (Phi) is 6.21. The molecule has 6 heteroatoms. The fourth-order valence-electron chi connectivity index (χ4n) is 2.98. The van der Waals surface area contributed by atoms with Crippen LogP contribution < -0.4 is 0 Å². The van der Waals surface area contributed by atoms with Crippen LogP contribution in [0.5, 0.6) is 0 Å². The summed E-state index contributed by atoms with van der Waals surface area (Å²) in [5.74, 6) is 2.31. The van der Waals surface area contributed by atoms with E-state index in [4.69, 9.17) is 0 Å². The Hall–Kier alpha value is -3.20. The van der Waals surface area contributed by atoms with Gasteiger partial charge in [-0.05, 0) is 59.5 Å². The zero-order chi connectivity index (χ0) is 21.9. The lowest BCUT2D eigenvalue weighted by Gasteiger charge is -2.09. The van der Waals surface area contributed by atoms with E-state index in [2.05, 4.69) is 11.8 Å². The van der Waals surface area contributed by atoms with Crippen LogP contribution in [0.1, 0.15) is 35.6 Å². The van der Waals surface area contributed by atoms with Gasteiger partial charge < -0.3 is 0 Å². The minimum Gasteiger partial charge on any atom is -0.206 e. The molecule has 0 nitrogen and oxygen atoms in total. The highest BCUT2D eigenvalue weighted by Gasteiger charge is 2.33. The van der Waals surface area contributed by atoms with Gasteiger partial charge in [0.1, 0.15) is 17.5 Å². The van der Waals surface area contributed by atoms with Gasteiger partial charge in [-0.3, -0.25) is 0 Å². The maximum absolute atomic E-state index is 14.1. The van der Waals surface area contributed by atoms with E-state index < -0.39 is 29.2 Å². The first kappa shape index (κ1) is 21.5. The summed E-state index contributed by atoms with van der Waals surface area (Å²) >= 11 is 0. The van der Waals surface area contributed by atoms with Gasteiger partial charge in [0, 0.05) is 5.56 Å². The van der Waals surface area contributed by atoms with Crippen LogP contribution in [0, 0.1) is 29.3 Å². The van der Waals surface area contributed by atoms with Crippen LogP contribution in [-0.4, -0.2) is 0 Å². The monoisotopic (exact) mass is 418 g/mol. The summed E-state index contributed by atoms with van der Waals surface area (Å²) in [6.45, 7) is 1.91. The van der Waals surface area contributed by atoms with Crippen molar-refractivity contribution in [2.24, 2.45) is 0 Å². The molecular weight excluding hydrogens is 402 g/mol. The summed E-state index contributed by atoms with van der Waals surface area (Å²) < 4.78 is 80.0. The Bertz CT molecular complexity index is 1090. The molecule has 0 aliphatic heterocycles. The number of aryl methyl sites for hydroxylation is 1. The second kappa shape index (κ2) is 8.66. The van der Waals surface area contributed by atoms with Crippen molar-refractivity contribution < 1.29 is 26.3 Å². The minimum atomic E-state index is -4.76. The summed E-state index contributed by atoms with van der Waals surface area (Å²) in [7, 11) is 0. The molecule has 0 aromatic heterocycles. The standard InChI is InChI=1S/C24H16F6/c1-2-3-16-12-21(25)19(22(26)13-16)10-6-15-4-7-17(8-5-15)18-9-11-20(23(27)14-18)24(28,29)30/h4-5,7-9,11-14H,2-3H2,1H3. The van der Waals surface area contributed by atoms with Gasteiger partial charge in [0.25, 0.3) is 0 Å². The van der Waals surface area contributed by atoms with Crippen LogP contribution >= 0.6 is 0 Å². The third-order valence-electron chi connectivity index (χ3n) is 4.47. The zero-order valence-corrected chi connectivity index (χ0v) is 15.9. The topological polar surface area (TPSA) is 0 Å². The third-order valence-corrected chi connectivity index (χ3v) is 4.47. The number of halogens is 6. The zero-order valence-electron chi connectivity index (χ0n) is 15.9. The van der Waals surface area contributed by atoms with Gasteiger partial charge in [0.05, 0.1) is 11.1 Å². The van der Waals surface area contributed by atoms with E-state index in [9.17, 15) is 26.3 Å². The van der Waals surface area contributed by atoms with Crippen molar-refractivity contribution in [1.82, 2.24) is 0 Å². The number of hydrogen-bond donors (Lipinski definition) is 0. The van der Waals surface area contributed by atoms with E-state index in [0.717, 1.165) is 12.5 Å². The Balaban J connectivity index is 1.84. The first-order chi connectivity index (χ1) is 14.2. The lowest BCUT2D eigenvalue weighted by molar-refractivity contribution is -0.139. The first-order valence-electron chi connectivity index (χ1n) is 9.16. The van der Waals surface area contributed by atoms with Gasteiger partial charge in [-0.15, -0.1) is 0 Å². The molecule has 0 amide bonds. The Labute approximate surface area is 170 Å². The van der Waals surface area contributed by atoms with Crippen molar-refractivity contribution >= 4 is 0 Å². The molecule has 0 aliphatic carbocycles. The van der Waals surface area contributed by atoms with Gasteiger partial charge in [0.2, 0.25) is 0 Å². The maximum atomic E-state index is 14.1.